The monoisotopic (exact) mass is 401 g/mol. The van der Waals surface area contributed by atoms with Gasteiger partial charge in [-0.05, 0) is 17.9 Å². The van der Waals surface area contributed by atoms with Crippen LogP contribution in [0.4, 0.5) is 5.69 Å². The van der Waals surface area contributed by atoms with E-state index in [1.165, 1.54) is 12.1 Å². The molecule has 7 nitrogen and oxygen atoms in total. The molecule has 4 rings (SSSR count). The van der Waals surface area contributed by atoms with Crippen molar-refractivity contribution in [2.45, 2.75) is 12.8 Å². The lowest BCUT2D eigenvalue weighted by Gasteiger charge is -2.29. The molecule has 0 bridgehead atoms. The highest BCUT2D eigenvalue weighted by Gasteiger charge is 2.33. The quantitative estimate of drug-likeness (QED) is 0.281. The van der Waals surface area contributed by atoms with Gasteiger partial charge in [0.15, 0.2) is 0 Å². The molecule has 1 heterocycles. The zero-order valence-electron chi connectivity index (χ0n) is 16.3. The van der Waals surface area contributed by atoms with E-state index in [0.717, 1.165) is 16.3 Å². The molecule has 1 atom stereocenters. The summed E-state index contributed by atoms with van der Waals surface area (Å²) in [4.78, 5) is 10.9. The third kappa shape index (κ3) is 3.45. The fraction of sp³-hybridized carbons (Fsp3) is 0.174. The third-order valence-corrected chi connectivity index (χ3v) is 5.03. The fourth-order valence-electron chi connectivity index (χ4n) is 3.67. The lowest BCUT2D eigenvalue weighted by atomic mass is 9.82. The Kier molecular flexibility index (Phi) is 5.33. The van der Waals surface area contributed by atoms with Crippen LogP contribution < -0.4 is 10.1 Å². The first-order chi connectivity index (χ1) is 14.6. The minimum atomic E-state index is -0.507. The number of allylic oxidation sites excluding steroid dienone is 1. The van der Waals surface area contributed by atoms with Crippen LogP contribution in [0.15, 0.2) is 72.1 Å². The van der Waals surface area contributed by atoms with Crippen LogP contribution >= 0.6 is 0 Å². The van der Waals surface area contributed by atoms with Gasteiger partial charge in [0.25, 0.3) is 5.69 Å². The minimum Gasteiger partial charge on any atom is -0.439 e. The van der Waals surface area contributed by atoms with Gasteiger partial charge in [0.2, 0.25) is 5.88 Å². The number of non-ortho nitro benzene ring substituents is 1. The van der Waals surface area contributed by atoms with Gasteiger partial charge >= 0.3 is 0 Å². The predicted molar refractivity (Wildman–Crippen MR) is 112 cm³/mol. The summed E-state index contributed by atoms with van der Waals surface area (Å²) < 4.78 is 11.5. The minimum absolute atomic E-state index is 0.0255. The summed E-state index contributed by atoms with van der Waals surface area (Å²) in [5.41, 5.74) is 1.75. The van der Waals surface area contributed by atoms with Crippen LogP contribution in [0.25, 0.3) is 10.8 Å². The van der Waals surface area contributed by atoms with Crippen LogP contribution in [0.2, 0.25) is 0 Å². The van der Waals surface area contributed by atoms with Crippen LogP contribution in [0.3, 0.4) is 0 Å². The first-order valence-electron chi connectivity index (χ1n) is 9.53. The van der Waals surface area contributed by atoms with E-state index in [9.17, 15) is 15.4 Å². The van der Waals surface area contributed by atoms with Gasteiger partial charge in [0.1, 0.15) is 24.1 Å². The Morgan fingerprint density at radius 1 is 1.20 bits per heavy atom. The number of nitriles is 1. The highest BCUT2D eigenvalue weighted by Crippen LogP contribution is 2.46. The highest BCUT2D eigenvalue weighted by molar-refractivity contribution is 5.91. The normalized spacial score (nSPS) is 15.3. The topological polar surface area (TPSA) is 97.4 Å². The molecule has 0 radical (unpaired) electrons. The molecule has 150 valence electrons. The number of benzene rings is 3. The Morgan fingerprint density at radius 2 is 2.03 bits per heavy atom. The van der Waals surface area contributed by atoms with Crippen molar-refractivity contribution >= 4 is 16.5 Å². The molecule has 0 saturated heterocycles. The van der Waals surface area contributed by atoms with Gasteiger partial charge in [-0.3, -0.25) is 10.1 Å². The predicted octanol–water partition coefficient (Wildman–Crippen LogP) is 4.59. The lowest BCUT2D eigenvalue weighted by Crippen LogP contribution is -2.28. The van der Waals surface area contributed by atoms with Crippen molar-refractivity contribution in [1.29, 1.82) is 5.26 Å². The first-order valence-corrected chi connectivity index (χ1v) is 9.53. The number of fused-ring (bicyclic) bond motifs is 3. The Bertz CT molecular complexity index is 1200. The van der Waals surface area contributed by atoms with Gasteiger partial charge in [-0.1, -0.05) is 48.5 Å². The SMILES string of the molecule is CCOCNC1=C(C#N)C(c2cccc([N+](=O)[O-])c2)c2ccc3ccccc3c2O1. The molecule has 3 aromatic rings. The molecule has 0 amide bonds. The first kappa shape index (κ1) is 19.4. The Hall–Kier alpha value is -3.89. The van der Waals surface area contributed by atoms with E-state index in [1.54, 1.807) is 12.1 Å². The Labute approximate surface area is 173 Å². The average Bonchev–Trinajstić information content (AvgIpc) is 2.78. The molecule has 30 heavy (non-hydrogen) atoms. The molecular formula is C23H19N3O4. The fourth-order valence-corrected chi connectivity index (χ4v) is 3.67. The number of nitrogens with one attached hydrogen (secondary N) is 1. The summed E-state index contributed by atoms with van der Waals surface area (Å²) in [5.74, 6) is 0.418. The van der Waals surface area contributed by atoms with Gasteiger partial charge in [0, 0.05) is 29.7 Å². The van der Waals surface area contributed by atoms with E-state index < -0.39 is 10.8 Å². The van der Waals surface area contributed by atoms with Gasteiger partial charge in [0.05, 0.1) is 10.8 Å². The molecule has 0 spiro atoms. The highest BCUT2D eigenvalue weighted by atomic mass is 16.6. The summed E-state index contributed by atoms with van der Waals surface area (Å²) in [7, 11) is 0. The van der Waals surface area contributed by atoms with Crippen molar-refractivity contribution in [3.8, 4) is 11.8 Å². The van der Waals surface area contributed by atoms with Crippen molar-refractivity contribution in [2.24, 2.45) is 0 Å². The summed E-state index contributed by atoms with van der Waals surface area (Å²) in [6.45, 7) is 2.56. The second-order valence-corrected chi connectivity index (χ2v) is 6.76. The van der Waals surface area contributed by atoms with Crippen molar-refractivity contribution in [3.63, 3.8) is 0 Å². The maximum atomic E-state index is 11.3. The molecule has 0 aromatic heterocycles. The maximum absolute atomic E-state index is 11.3. The van der Waals surface area contributed by atoms with E-state index in [-0.39, 0.29) is 12.4 Å². The van der Waals surface area contributed by atoms with E-state index in [1.807, 2.05) is 43.3 Å². The number of nitrogens with zero attached hydrogens (tertiary/aromatic N) is 2. The van der Waals surface area contributed by atoms with Crippen molar-refractivity contribution in [3.05, 3.63) is 93.4 Å². The molecular weight excluding hydrogens is 382 g/mol. The third-order valence-electron chi connectivity index (χ3n) is 5.03. The van der Waals surface area contributed by atoms with Crippen LogP contribution in [0.1, 0.15) is 24.0 Å². The summed E-state index contributed by atoms with van der Waals surface area (Å²) >= 11 is 0. The number of rotatable bonds is 6. The standard InChI is InChI=1S/C23H19N3O4/c1-2-29-14-25-23-20(13-24)21(16-7-5-8-17(12-16)26(27)28)19-11-10-15-6-3-4-9-18(15)22(19)30-23/h3-12,21,25H,2,14H2,1H3. The van der Waals surface area contributed by atoms with Crippen molar-refractivity contribution < 1.29 is 14.4 Å². The van der Waals surface area contributed by atoms with Crippen LogP contribution in [0, 0.1) is 21.4 Å². The molecule has 1 N–H and O–H groups in total. The van der Waals surface area contributed by atoms with Gasteiger partial charge in [-0.2, -0.15) is 5.26 Å². The van der Waals surface area contributed by atoms with Gasteiger partial charge in [-0.15, -0.1) is 0 Å². The van der Waals surface area contributed by atoms with E-state index in [2.05, 4.69) is 11.4 Å². The summed E-state index contributed by atoms with van der Waals surface area (Å²) in [5, 5.41) is 26.2. The number of hydrogen-bond acceptors (Lipinski definition) is 6. The van der Waals surface area contributed by atoms with Crippen molar-refractivity contribution in [2.75, 3.05) is 13.3 Å². The summed E-state index contributed by atoms with van der Waals surface area (Å²) in [6, 6.07) is 20.3. The zero-order valence-corrected chi connectivity index (χ0v) is 16.3. The maximum Gasteiger partial charge on any atom is 0.269 e. The number of ether oxygens (including phenoxy) is 2. The number of nitro groups is 1. The van der Waals surface area contributed by atoms with E-state index in [4.69, 9.17) is 9.47 Å². The average molecular weight is 401 g/mol. The van der Waals surface area contributed by atoms with Crippen LogP contribution in [-0.4, -0.2) is 18.3 Å². The molecule has 1 aliphatic rings. The van der Waals surface area contributed by atoms with Gasteiger partial charge in [-0.25, -0.2) is 0 Å². The van der Waals surface area contributed by atoms with E-state index in [0.29, 0.717) is 29.4 Å². The number of hydrogen-bond donors (Lipinski definition) is 1. The molecule has 0 aliphatic carbocycles. The second kappa shape index (κ2) is 8.23. The Morgan fingerprint density at radius 3 is 2.80 bits per heavy atom. The lowest BCUT2D eigenvalue weighted by molar-refractivity contribution is -0.384. The molecule has 1 unspecified atom stereocenters. The van der Waals surface area contributed by atoms with Crippen LogP contribution in [0.5, 0.6) is 5.75 Å². The second-order valence-electron chi connectivity index (χ2n) is 6.76. The van der Waals surface area contributed by atoms with Crippen molar-refractivity contribution in [1.82, 2.24) is 5.32 Å². The Balaban J connectivity index is 1.93. The molecule has 7 heteroatoms. The smallest absolute Gasteiger partial charge is 0.269 e. The van der Waals surface area contributed by atoms with Gasteiger partial charge < -0.3 is 14.8 Å². The van der Waals surface area contributed by atoms with E-state index >= 15 is 0 Å². The van der Waals surface area contributed by atoms with Crippen LogP contribution in [-0.2, 0) is 4.74 Å². The largest absolute Gasteiger partial charge is 0.439 e. The molecule has 3 aromatic carbocycles. The molecule has 0 saturated carbocycles. The zero-order chi connectivity index (χ0) is 21.1. The summed E-state index contributed by atoms with van der Waals surface area (Å²) in [6.07, 6.45) is 0. The molecule has 1 aliphatic heterocycles. The molecule has 0 fully saturated rings. The number of nitro benzene ring substituents is 1.